The van der Waals surface area contributed by atoms with Gasteiger partial charge in [0.15, 0.2) is 11.6 Å². The maximum atomic E-state index is 6.26. The number of aromatic nitrogens is 4. The van der Waals surface area contributed by atoms with Gasteiger partial charge >= 0.3 is 0 Å². The first-order valence-electron chi connectivity index (χ1n) is 18.8. The second-order valence-electron chi connectivity index (χ2n) is 14.0. The molecule has 0 amide bonds. The average Bonchev–Trinajstić information content (AvgIpc) is 3.83. The fourth-order valence-corrected chi connectivity index (χ4v) is 8.03. The molecule has 11 aromatic rings. The number of fused-ring (bicyclic) bond motifs is 6. The van der Waals surface area contributed by atoms with Crippen molar-refractivity contribution in [2.75, 3.05) is 0 Å². The maximum Gasteiger partial charge on any atom is 0.238 e. The molecule has 0 N–H and O–H groups in total. The highest BCUT2D eigenvalue weighted by Gasteiger charge is 2.20. The Morgan fingerprint density at radius 1 is 0.339 bits per heavy atom. The maximum absolute atomic E-state index is 6.26. The van der Waals surface area contributed by atoms with Crippen molar-refractivity contribution >= 4 is 43.7 Å². The summed E-state index contributed by atoms with van der Waals surface area (Å²) < 4.78 is 8.44. The Kier molecular flexibility index (Phi) is 7.42. The zero-order chi connectivity index (χ0) is 37.0. The third-order valence-corrected chi connectivity index (χ3v) is 10.7. The Morgan fingerprint density at radius 3 is 1.62 bits per heavy atom. The van der Waals surface area contributed by atoms with Crippen LogP contribution in [0.15, 0.2) is 199 Å². The van der Waals surface area contributed by atoms with E-state index in [0.717, 1.165) is 82.7 Å². The van der Waals surface area contributed by atoms with E-state index in [2.05, 4.69) is 174 Å². The molecule has 0 unspecified atom stereocenters. The summed E-state index contributed by atoms with van der Waals surface area (Å²) >= 11 is 0. The van der Waals surface area contributed by atoms with Gasteiger partial charge in [0, 0.05) is 32.7 Å². The number of para-hydroxylation sites is 2. The van der Waals surface area contributed by atoms with E-state index in [4.69, 9.17) is 19.4 Å². The zero-order valence-corrected chi connectivity index (χ0v) is 30.2. The van der Waals surface area contributed by atoms with Gasteiger partial charge in [0.25, 0.3) is 0 Å². The fourth-order valence-electron chi connectivity index (χ4n) is 8.03. The van der Waals surface area contributed by atoms with Crippen LogP contribution in [0, 0.1) is 0 Å². The van der Waals surface area contributed by atoms with E-state index >= 15 is 0 Å². The number of hydrogen-bond acceptors (Lipinski definition) is 4. The van der Waals surface area contributed by atoms with Crippen molar-refractivity contribution in [3.05, 3.63) is 194 Å². The molecule has 0 aliphatic rings. The van der Waals surface area contributed by atoms with Crippen LogP contribution in [-0.4, -0.2) is 19.5 Å². The standard InChI is InChI=1S/C51H32N4O/c1-3-14-33(15-4-1)35-18-11-20-38(30-35)49-52-50(39-21-12-19-37(31-39)40-24-13-27-47-48(40)42-23-8-10-26-46(42)56-47)54-51(53-49)55-44-25-9-7-22-41(44)43-32-36(28-29-45(43)55)34-16-5-2-6-17-34/h1-32H. The van der Waals surface area contributed by atoms with Crippen LogP contribution in [-0.2, 0) is 0 Å². The molecule has 3 heterocycles. The van der Waals surface area contributed by atoms with Crippen LogP contribution in [0.25, 0.3) is 106 Å². The minimum absolute atomic E-state index is 0.558. The zero-order valence-electron chi connectivity index (χ0n) is 30.2. The highest BCUT2D eigenvalue weighted by Crippen LogP contribution is 2.39. The Morgan fingerprint density at radius 2 is 0.875 bits per heavy atom. The van der Waals surface area contributed by atoms with Gasteiger partial charge in [-0.15, -0.1) is 0 Å². The van der Waals surface area contributed by atoms with Gasteiger partial charge in [-0.2, -0.15) is 9.97 Å². The van der Waals surface area contributed by atoms with E-state index in [0.29, 0.717) is 17.6 Å². The largest absolute Gasteiger partial charge is 0.456 e. The Bertz CT molecular complexity index is 3250. The van der Waals surface area contributed by atoms with Crippen LogP contribution in [0.1, 0.15) is 0 Å². The molecule has 0 radical (unpaired) electrons. The molecule has 0 atom stereocenters. The highest BCUT2D eigenvalue weighted by atomic mass is 16.3. The van der Waals surface area contributed by atoms with Gasteiger partial charge in [0.1, 0.15) is 11.2 Å². The molecule has 11 rings (SSSR count). The van der Waals surface area contributed by atoms with Crippen molar-refractivity contribution < 1.29 is 4.42 Å². The van der Waals surface area contributed by atoms with Crippen molar-refractivity contribution in [1.82, 2.24) is 19.5 Å². The number of furan rings is 1. The van der Waals surface area contributed by atoms with Crippen molar-refractivity contribution in [2.24, 2.45) is 0 Å². The van der Waals surface area contributed by atoms with E-state index in [1.807, 2.05) is 24.3 Å². The van der Waals surface area contributed by atoms with Crippen LogP contribution in [0.2, 0.25) is 0 Å². The summed E-state index contributed by atoms with van der Waals surface area (Å²) in [5.74, 6) is 1.75. The van der Waals surface area contributed by atoms with E-state index in [1.165, 1.54) is 5.56 Å². The Balaban J connectivity index is 1.13. The molecule has 56 heavy (non-hydrogen) atoms. The minimum atomic E-state index is 0.558. The Hall–Kier alpha value is -7.63. The molecule has 262 valence electrons. The first-order chi connectivity index (χ1) is 27.7. The molecule has 0 aliphatic carbocycles. The van der Waals surface area contributed by atoms with Crippen LogP contribution in [0.5, 0.6) is 0 Å². The van der Waals surface area contributed by atoms with E-state index in [9.17, 15) is 0 Å². The van der Waals surface area contributed by atoms with E-state index < -0.39 is 0 Å². The predicted molar refractivity (Wildman–Crippen MR) is 229 cm³/mol. The number of rotatable bonds is 6. The van der Waals surface area contributed by atoms with Crippen LogP contribution >= 0.6 is 0 Å². The summed E-state index contributed by atoms with van der Waals surface area (Å²) in [5, 5.41) is 4.46. The molecule has 8 aromatic carbocycles. The fraction of sp³-hybridized carbons (Fsp3) is 0. The van der Waals surface area contributed by atoms with Crippen LogP contribution in [0.3, 0.4) is 0 Å². The quantitative estimate of drug-likeness (QED) is 0.172. The van der Waals surface area contributed by atoms with Crippen molar-refractivity contribution in [2.45, 2.75) is 0 Å². The average molecular weight is 717 g/mol. The lowest BCUT2D eigenvalue weighted by molar-refractivity contribution is 0.669. The van der Waals surface area contributed by atoms with Crippen LogP contribution in [0.4, 0.5) is 0 Å². The molecular formula is C51H32N4O. The second-order valence-corrected chi connectivity index (χ2v) is 14.0. The first-order valence-corrected chi connectivity index (χ1v) is 18.8. The molecular weight excluding hydrogens is 685 g/mol. The van der Waals surface area contributed by atoms with Gasteiger partial charge in [0.2, 0.25) is 5.95 Å². The minimum Gasteiger partial charge on any atom is -0.456 e. The molecule has 3 aromatic heterocycles. The molecule has 5 heteroatoms. The smallest absolute Gasteiger partial charge is 0.238 e. The number of hydrogen-bond donors (Lipinski definition) is 0. The summed E-state index contributed by atoms with van der Waals surface area (Å²) in [6, 6.07) is 67.4. The van der Waals surface area contributed by atoms with Gasteiger partial charge in [-0.05, 0) is 75.8 Å². The summed E-state index contributed by atoms with van der Waals surface area (Å²) in [6.45, 7) is 0. The van der Waals surface area contributed by atoms with Gasteiger partial charge in [-0.1, -0.05) is 152 Å². The lowest BCUT2D eigenvalue weighted by atomic mass is 9.98. The molecule has 0 saturated carbocycles. The SMILES string of the molecule is c1ccc(-c2cccc(-c3nc(-c4cccc(-c5cccc6oc7ccccc7c56)c4)nc(-n4c5ccccc5c5cc(-c6ccccc6)ccc54)n3)c2)cc1. The summed E-state index contributed by atoms with van der Waals surface area (Å²) in [7, 11) is 0. The van der Waals surface area contributed by atoms with Crippen molar-refractivity contribution in [1.29, 1.82) is 0 Å². The number of nitrogens with zero attached hydrogens (tertiary/aromatic N) is 4. The molecule has 0 bridgehead atoms. The molecule has 0 spiro atoms. The molecule has 0 aliphatic heterocycles. The summed E-state index contributed by atoms with van der Waals surface area (Å²) in [4.78, 5) is 15.8. The van der Waals surface area contributed by atoms with E-state index in [-0.39, 0.29) is 0 Å². The second kappa shape index (κ2) is 13.0. The lowest BCUT2D eigenvalue weighted by Crippen LogP contribution is -2.06. The molecule has 5 nitrogen and oxygen atoms in total. The summed E-state index contributed by atoms with van der Waals surface area (Å²) in [5.41, 5.74) is 12.3. The van der Waals surface area contributed by atoms with Gasteiger partial charge in [-0.3, -0.25) is 4.57 Å². The van der Waals surface area contributed by atoms with Crippen molar-refractivity contribution in [3.63, 3.8) is 0 Å². The summed E-state index contributed by atoms with van der Waals surface area (Å²) in [6.07, 6.45) is 0. The van der Waals surface area contributed by atoms with Crippen LogP contribution < -0.4 is 0 Å². The lowest BCUT2D eigenvalue weighted by Gasteiger charge is -2.12. The van der Waals surface area contributed by atoms with Gasteiger partial charge in [-0.25, -0.2) is 4.98 Å². The van der Waals surface area contributed by atoms with Gasteiger partial charge in [0.05, 0.1) is 11.0 Å². The first kappa shape index (κ1) is 31.9. The van der Waals surface area contributed by atoms with Gasteiger partial charge < -0.3 is 4.42 Å². The topological polar surface area (TPSA) is 56.7 Å². The molecule has 0 saturated heterocycles. The normalized spacial score (nSPS) is 11.6. The third kappa shape index (κ3) is 5.37. The monoisotopic (exact) mass is 716 g/mol. The number of benzene rings is 8. The Labute approximate surface area is 322 Å². The predicted octanol–water partition coefficient (Wildman–Crippen LogP) is 13.2. The van der Waals surface area contributed by atoms with E-state index in [1.54, 1.807) is 0 Å². The highest BCUT2D eigenvalue weighted by molar-refractivity contribution is 6.13. The van der Waals surface area contributed by atoms with Crippen molar-refractivity contribution in [3.8, 4) is 62.1 Å². The molecule has 0 fully saturated rings. The third-order valence-electron chi connectivity index (χ3n) is 10.7.